The highest BCUT2D eigenvalue weighted by atomic mass is 32.1. The van der Waals surface area contributed by atoms with Crippen molar-refractivity contribution >= 4 is 22.1 Å². The zero-order chi connectivity index (χ0) is 21.3. The van der Waals surface area contributed by atoms with E-state index >= 15 is 0 Å². The number of rotatable bonds is 5. The van der Waals surface area contributed by atoms with Crippen LogP contribution in [0.5, 0.6) is 0 Å². The van der Waals surface area contributed by atoms with Gasteiger partial charge in [-0.25, -0.2) is 13.8 Å². The predicted octanol–water partition coefficient (Wildman–Crippen LogP) is 4.48. The summed E-state index contributed by atoms with van der Waals surface area (Å²) >= 11 is 0.901. The van der Waals surface area contributed by atoms with Crippen molar-refractivity contribution in [2.75, 3.05) is 5.73 Å². The number of Topliss-reactive ketones (excluding diaryl/α,β-unsaturated/α-hetero) is 1. The summed E-state index contributed by atoms with van der Waals surface area (Å²) in [6.45, 7) is 0. The zero-order valence-corrected chi connectivity index (χ0v) is 17.1. The Morgan fingerprint density at radius 3 is 2.70 bits per heavy atom. The fourth-order valence-electron chi connectivity index (χ4n) is 4.09. The third-order valence-corrected chi connectivity index (χ3v) is 6.44. The van der Waals surface area contributed by atoms with Crippen molar-refractivity contribution in [2.24, 2.45) is 5.73 Å². The molecule has 2 aromatic heterocycles. The van der Waals surface area contributed by atoms with E-state index in [2.05, 4.69) is 9.97 Å². The number of thiazole rings is 1. The molecule has 1 aliphatic rings. The lowest BCUT2D eigenvalue weighted by molar-refractivity contribution is 0.0989. The lowest BCUT2D eigenvalue weighted by Gasteiger charge is -2.28. The van der Waals surface area contributed by atoms with E-state index in [1.807, 2.05) is 6.07 Å². The second kappa shape index (κ2) is 8.57. The van der Waals surface area contributed by atoms with Crippen LogP contribution in [0, 0.1) is 11.6 Å². The summed E-state index contributed by atoms with van der Waals surface area (Å²) in [7, 11) is 0. The van der Waals surface area contributed by atoms with Crippen molar-refractivity contribution < 1.29 is 13.6 Å². The standard InChI is InChI=1S/C22H22F2N4OS/c23-16-5-2-6-17(24)19(16)22-28-20(21(26)30-22)18(29)10-13-11-27-8-7-15(13)12-3-1-4-14(25)9-12/h2,5-8,11-12,14H,1,3-4,9-10,25-26H2/t12-,14+/m1/s1. The molecule has 1 aliphatic carbocycles. The summed E-state index contributed by atoms with van der Waals surface area (Å²) in [6, 6.07) is 5.67. The minimum atomic E-state index is -0.745. The Balaban J connectivity index is 1.61. The number of hydrogen-bond donors (Lipinski definition) is 2. The number of carbonyl (C=O) groups excluding carboxylic acids is 1. The van der Waals surface area contributed by atoms with Gasteiger partial charge in [-0.15, -0.1) is 0 Å². The molecule has 0 radical (unpaired) electrons. The average molecular weight is 429 g/mol. The Bertz CT molecular complexity index is 1060. The largest absolute Gasteiger partial charge is 0.389 e. The van der Waals surface area contributed by atoms with Crippen LogP contribution < -0.4 is 11.5 Å². The van der Waals surface area contributed by atoms with Crippen LogP contribution in [-0.2, 0) is 6.42 Å². The smallest absolute Gasteiger partial charge is 0.188 e. The van der Waals surface area contributed by atoms with Gasteiger partial charge in [0.2, 0.25) is 0 Å². The highest BCUT2D eigenvalue weighted by molar-refractivity contribution is 7.19. The lowest BCUT2D eigenvalue weighted by Crippen LogP contribution is -2.27. The van der Waals surface area contributed by atoms with Crippen molar-refractivity contribution in [2.45, 2.75) is 44.1 Å². The van der Waals surface area contributed by atoms with Crippen molar-refractivity contribution in [3.63, 3.8) is 0 Å². The van der Waals surface area contributed by atoms with Gasteiger partial charge in [0.15, 0.2) is 5.78 Å². The van der Waals surface area contributed by atoms with E-state index in [1.54, 1.807) is 12.4 Å². The highest BCUT2D eigenvalue weighted by Crippen LogP contribution is 2.36. The number of anilines is 1. The third kappa shape index (κ3) is 4.11. The quantitative estimate of drug-likeness (QED) is 0.585. The van der Waals surface area contributed by atoms with E-state index < -0.39 is 11.6 Å². The van der Waals surface area contributed by atoms with Crippen LogP contribution in [0.3, 0.4) is 0 Å². The number of nitrogens with zero attached hydrogens (tertiary/aromatic N) is 2. The molecule has 8 heteroatoms. The summed E-state index contributed by atoms with van der Waals surface area (Å²) in [5.41, 5.74) is 13.8. The number of pyridine rings is 1. The summed E-state index contributed by atoms with van der Waals surface area (Å²) in [5.74, 6) is -1.51. The number of hydrogen-bond acceptors (Lipinski definition) is 6. The summed E-state index contributed by atoms with van der Waals surface area (Å²) in [5, 5.41) is 0.193. The van der Waals surface area contributed by atoms with E-state index in [-0.39, 0.29) is 45.4 Å². The van der Waals surface area contributed by atoms with Crippen molar-refractivity contribution in [3.8, 4) is 10.6 Å². The first kappa shape index (κ1) is 20.6. The molecule has 2 atom stereocenters. The van der Waals surface area contributed by atoms with Crippen molar-refractivity contribution in [3.05, 3.63) is 65.1 Å². The van der Waals surface area contributed by atoms with Gasteiger partial charge in [0.05, 0.1) is 5.56 Å². The van der Waals surface area contributed by atoms with Crippen molar-refractivity contribution in [1.29, 1.82) is 0 Å². The number of halogens is 2. The molecule has 0 saturated heterocycles. The first-order valence-corrected chi connectivity index (χ1v) is 10.7. The van der Waals surface area contributed by atoms with Crippen molar-refractivity contribution in [1.82, 2.24) is 9.97 Å². The van der Waals surface area contributed by atoms with Crippen LogP contribution in [-0.4, -0.2) is 21.8 Å². The molecule has 0 aliphatic heterocycles. The van der Waals surface area contributed by atoms with E-state index in [4.69, 9.17) is 11.5 Å². The second-order valence-electron chi connectivity index (χ2n) is 7.63. The zero-order valence-electron chi connectivity index (χ0n) is 16.3. The van der Waals surface area contributed by atoms with Crippen LogP contribution in [0.4, 0.5) is 13.8 Å². The third-order valence-electron chi connectivity index (χ3n) is 5.54. The molecule has 4 rings (SSSR count). The molecule has 1 saturated carbocycles. The molecule has 0 unspecified atom stereocenters. The monoisotopic (exact) mass is 428 g/mol. The Hall–Kier alpha value is -2.71. The molecule has 0 spiro atoms. The number of benzene rings is 1. The van der Waals surface area contributed by atoms with Gasteiger partial charge < -0.3 is 11.5 Å². The maximum Gasteiger partial charge on any atom is 0.188 e. The van der Waals surface area contributed by atoms with E-state index in [0.29, 0.717) is 0 Å². The van der Waals surface area contributed by atoms with Crippen LogP contribution in [0.1, 0.15) is 53.2 Å². The van der Waals surface area contributed by atoms with Crippen LogP contribution in [0.25, 0.3) is 10.6 Å². The molecular weight excluding hydrogens is 406 g/mol. The number of ketones is 1. The first-order chi connectivity index (χ1) is 14.4. The summed E-state index contributed by atoms with van der Waals surface area (Å²) in [4.78, 5) is 21.3. The average Bonchev–Trinajstić information content (AvgIpc) is 3.09. The van der Waals surface area contributed by atoms with Crippen LogP contribution in [0.15, 0.2) is 36.7 Å². The molecule has 4 N–H and O–H groups in total. The van der Waals surface area contributed by atoms with Gasteiger partial charge in [0, 0.05) is 24.9 Å². The molecule has 1 fully saturated rings. The van der Waals surface area contributed by atoms with Gasteiger partial charge in [-0.3, -0.25) is 9.78 Å². The molecule has 5 nitrogen and oxygen atoms in total. The fraction of sp³-hybridized carbons (Fsp3) is 0.318. The maximum atomic E-state index is 14.1. The lowest BCUT2D eigenvalue weighted by atomic mass is 9.80. The summed E-state index contributed by atoms with van der Waals surface area (Å²) < 4.78 is 28.2. The van der Waals surface area contributed by atoms with E-state index in [1.165, 1.54) is 6.07 Å². The SMILES string of the molecule is Nc1sc(-c2c(F)cccc2F)nc1C(=O)Cc1cnccc1[C@@H]1CCC[C@H](N)C1. The minimum Gasteiger partial charge on any atom is -0.389 e. The molecule has 0 bridgehead atoms. The van der Waals surface area contributed by atoms with E-state index in [0.717, 1.165) is 60.3 Å². The highest BCUT2D eigenvalue weighted by Gasteiger charge is 2.25. The Morgan fingerprint density at radius 2 is 1.97 bits per heavy atom. The van der Waals surface area contributed by atoms with Crippen LogP contribution >= 0.6 is 11.3 Å². The molecule has 3 aromatic rings. The number of nitrogens with two attached hydrogens (primary N) is 2. The Labute approximate surface area is 177 Å². The van der Waals surface area contributed by atoms with Gasteiger partial charge in [-0.2, -0.15) is 0 Å². The maximum absolute atomic E-state index is 14.1. The molecule has 1 aromatic carbocycles. The topological polar surface area (TPSA) is 94.9 Å². The molecule has 0 amide bonds. The fourth-order valence-corrected chi connectivity index (χ4v) is 4.99. The molecule has 156 valence electrons. The number of carbonyl (C=O) groups is 1. The van der Waals surface area contributed by atoms with Gasteiger partial charge >= 0.3 is 0 Å². The van der Waals surface area contributed by atoms with Gasteiger partial charge in [0.25, 0.3) is 0 Å². The second-order valence-corrected chi connectivity index (χ2v) is 8.66. The van der Waals surface area contributed by atoms with Gasteiger partial charge in [-0.1, -0.05) is 23.8 Å². The normalized spacial score (nSPS) is 19.0. The van der Waals surface area contributed by atoms with Crippen LogP contribution in [0.2, 0.25) is 0 Å². The summed E-state index contributed by atoms with van der Waals surface area (Å²) in [6.07, 6.45) is 7.45. The van der Waals surface area contributed by atoms with E-state index in [9.17, 15) is 13.6 Å². The number of aromatic nitrogens is 2. The molecule has 2 heterocycles. The molecular formula is C22H22F2N4OS. The minimum absolute atomic E-state index is 0.0350. The Kier molecular flexibility index (Phi) is 5.87. The van der Waals surface area contributed by atoms with Gasteiger partial charge in [0.1, 0.15) is 27.3 Å². The number of nitrogen functional groups attached to an aromatic ring is 1. The first-order valence-electron chi connectivity index (χ1n) is 9.86. The Morgan fingerprint density at radius 1 is 1.20 bits per heavy atom. The predicted molar refractivity (Wildman–Crippen MR) is 113 cm³/mol. The van der Waals surface area contributed by atoms with Gasteiger partial charge in [-0.05, 0) is 54.5 Å². The molecule has 30 heavy (non-hydrogen) atoms.